The van der Waals surface area contributed by atoms with Crippen LogP contribution in [0.25, 0.3) is 10.8 Å². The standard InChI is InChI=1S/C19H21NO4/c21-18(22)12-17(20-19(23)14-7-9-24-10-8-14)16-6-5-13-3-1-2-4-15(13)11-16/h1-6,11,14,17H,7-10,12H2,(H,20,23)(H,21,22)/t17-/m0/s1. The number of carbonyl (C=O) groups excluding carboxylic acids is 1. The van der Waals surface area contributed by atoms with Crippen molar-refractivity contribution in [3.8, 4) is 0 Å². The van der Waals surface area contributed by atoms with E-state index in [1.807, 2.05) is 42.5 Å². The van der Waals surface area contributed by atoms with E-state index >= 15 is 0 Å². The third-order valence-electron chi connectivity index (χ3n) is 4.46. The highest BCUT2D eigenvalue weighted by Gasteiger charge is 2.25. The summed E-state index contributed by atoms with van der Waals surface area (Å²) >= 11 is 0. The number of ether oxygens (including phenoxy) is 1. The zero-order chi connectivity index (χ0) is 16.9. The third kappa shape index (κ3) is 3.92. The summed E-state index contributed by atoms with van der Waals surface area (Å²) in [6.45, 7) is 1.16. The minimum atomic E-state index is -0.930. The summed E-state index contributed by atoms with van der Waals surface area (Å²) in [4.78, 5) is 23.7. The molecule has 5 nitrogen and oxygen atoms in total. The second kappa shape index (κ2) is 7.45. The van der Waals surface area contributed by atoms with Gasteiger partial charge in [0.05, 0.1) is 12.5 Å². The van der Waals surface area contributed by atoms with E-state index in [2.05, 4.69) is 5.32 Å². The zero-order valence-corrected chi connectivity index (χ0v) is 13.4. The first kappa shape index (κ1) is 16.5. The predicted molar refractivity (Wildman–Crippen MR) is 90.6 cm³/mol. The lowest BCUT2D eigenvalue weighted by Crippen LogP contribution is -2.37. The number of benzene rings is 2. The van der Waals surface area contributed by atoms with Gasteiger partial charge in [0.25, 0.3) is 0 Å². The van der Waals surface area contributed by atoms with Gasteiger partial charge in [-0.1, -0.05) is 36.4 Å². The summed E-state index contributed by atoms with van der Waals surface area (Å²) in [6, 6.07) is 13.2. The van der Waals surface area contributed by atoms with Crippen LogP contribution >= 0.6 is 0 Å². The number of nitrogens with one attached hydrogen (secondary N) is 1. The molecule has 1 heterocycles. The van der Waals surface area contributed by atoms with Crippen LogP contribution in [0.3, 0.4) is 0 Å². The van der Waals surface area contributed by atoms with Crippen molar-refractivity contribution >= 4 is 22.6 Å². The van der Waals surface area contributed by atoms with Gasteiger partial charge in [-0.2, -0.15) is 0 Å². The monoisotopic (exact) mass is 327 g/mol. The van der Waals surface area contributed by atoms with Crippen molar-refractivity contribution in [3.63, 3.8) is 0 Å². The van der Waals surface area contributed by atoms with Gasteiger partial charge in [0.2, 0.25) is 5.91 Å². The molecule has 1 amide bonds. The number of carboxylic acids is 1. The van der Waals surface area contributed by atoms with Crippen molar-refractivity contribution < 1.29 is 19.4 Å². The summed E-state index contributed by atoms with van der Waals surface area (Å²) in [5, 5.41) is 14.3. The molecule has 5 heteroatoms. The van der Waals surface area contributed by atoms with E-state index in [1.54, 1.807) is 0 Å². The number of carboxylic acid groups (broad SMARTS) is 1. The largest absolute Gasteiger partial charge is 0.481 e. The molecule has 0 bridgehead atoms. The molecule has 1 fully saturated rings. The van der Waals surface area contributed by atoms with Crippen LogP contribution < -0.4 is 5.32 Å². The Balaban J connectivity index is 1.81. The Labute approximate surface area is 140 Å². The summed E-state index contributed by atoms with van der Waals surface area (Å²) in [5.41, 5.74) is 0.816. The van der Waals surface area contributed by atoms with E-state index in [-0.39, 0.29) is 18.2 Å². The van der Waals surface area contributed by atoms with Gasteiger partial charge in [0, 0.05) is 19.1 Å². The van der Waals surface area contributed by atoms with Crippen LogP contribution in [-0.2, 0) is 14.3 Å². The van der Waals surface area contributed by atoms with E-state index in [0.717, 1.165) is 16.3 Å². The van der Waals surface area contributed by atoms with Crippen molar-refractivity contribution in [2.45, 2.75) is 25.3 Å². The number of amides is 1. The Bertz CT molecular complexity index is 737. The lowest BCUT2D eigenvalue weighted by Gasteiger charge is -2.25. The number of rotatable bonds is 5. The molecule has 3 rings (SSSR count). The van der Waals surface area contributed by atoms with E-state index in [0.29, 0.717) is 26.1 Å². The molecule has 2 N–H and O–H groups in total. The molecule has 1 atom stereocenters. The van der Waals surface area contributed by atoms with E-state index in [1.165, 1.54) is 0 Å². The molecular formula is C19H21NO4. The summed E-state index contributed by atoms with van der Waals surface area (Å²) in [5.74, 6) is -1.12. The normalized spacial score (nSPS) is 16.7. The van der Waals surface area contributed by atoms with Gasteiger partial charge in [-0.25, -0.2) is 0 Å². The zero-order valence-electron chi connectivity index (χ0n) is 13.4. The van der Waals surface area contributed by atoms with Crippen LogP contribution in [-0.4, -0.2) is 30.2 Å². The van der Waals surface area contributed by atoms with Crippen LogP contribution in [0.2, 0.25) is 0 Å². The Morgan fingerprint density at radius 1 is 1.12 bits per heavy atom. The van der Waals surface area contributed by atoms with Crippen LogP contribution in [0.1, 0.15) is 30.9 Å². The molecule has 0 spiro atoms. The number of hydrogen-bond acceptors (Lipinski definition) is 3. The predicted octanol–water partition coefficient (Wildman–Crippen LogP) is 2.90. The highest BCUT2D eigenvalue weighted by molar-refractivity contribution is 5.84. The van der Waals surface area contributed by atoms with Gasteiger partial charge in [0.15, 0.2) is 0 Å². The van der Waals surface area contributed by atoms with Gasteiger partial charge in [-0.3, -0.25) is 9.59 Å². The summed E-state index contributed by atoms with van der Waals surface area (Å²) < 4.78 is 5.28. The van der Waals surface area contributed by atoms with Crippen molar-refractivity contribution in [3.05, 3.63) is 48.0 Å². The van der Waals surface area contributed by atoms with Crippen molar-refractivity contribution in [2.75, 3.05) is 13.2 Å². The lowest BCUT2D eigenvalue weighted by molar-refractivity contribution is -0.138. The number of hydrogen-bond donors (Lipinski definition) is 2. The van der Waals surface area contributed by atoms with Gasteiger partial charge in [0.1, 0.15) is 0 Å². The second-order valence-electron chi connectivity index (χ2n) is 6.15. The smallest absolute Gasteiger partial charge is 0.305 e. The molecule has 2 aromatic rings. The SMILES string of the molecule is O=C(O)C[C@H](NC(=O)C1CCOCC1)c1ccc2ccccc2c1. The quantitative estimate of drug-likeness (QED) is 0.885. The maximum atomic E-state index is 12.5. The van der Waals surface area contributed by atoms with Crippen LogP contribution in [0.5, 0.6) is 0 Å². The molecule has 126 valence electrons. The molecule has 0 radical (unpaired) electrons. The molecule has 0 aromatic heterocycles. The van der Waals surface area contributed by atoms with Crippen molar-refractivity contribution in [2.24, 2.45) is 5.92 Å². The second-order valence-corrected chi connectivity index (χ2v) is 6.15. The summed E-state index contributed by atoms with van der Waals surface area (Å²) in [7, 11) is 0. The molecule has 1 aliphatic rings. The third-order valence-corrected chi connectivity index (χ3v) is 4.46. The Morgan fingerprint density at radius 2 is 1.83 bits per heavy atom. The highest BCUT2D eigenvalue weighted by atomic mass is 16.5. The fourth-order valence-electron chi connectivity index (χ4n) is 3.10. The first-order valence-electron chi connectivity index (χ1n) is 8.22. The molecule has 1 saturated heterocycles. The maximum Gasteiger partial charge on any atom is 0.305 e. The van der Waals surface area contributed by atoms with Gasteiger partial charge in [-0.05, 0) is 35.2 Å². The van der Waals surface area contributed by atoms with Crippen LogP contribution in [0.15, 0.2) is 42.5 Å². The Morgan fingerprint density at radius 3 is 2.54 bits per heavy atom. The Hall–Kier alpha value is -2.40. The average molecular weight is 327 g/mol. The first-order chi connectivity index (χ1) is 11.6. The fraction of sp³-hybridized carbons (Fsp3) is 0.368. The van der Waals surface area contributed by atoms with Crippen LogP contribution in [0.4, 0.5) is 0 Å². The van der Waals surface area contributed by atoms with E-state index in [9.17, 15) is 14.7 Å². The number of carbonyl (C=O) groups is 2. The minimum Gasteiger partial charge on any atom is -0.481 e. The van der Waals surface area contributed by atoms with Crippen LogP contribution in [0, 0.1) is 5.92 Å². The van der Waals surface area contributed by atoms with Gasteiger partial charge >= 0.3 is 5.97 Å². The maximum absolute atomic E-state index is 12.5. The molecule has 0 saturated carbocycles. The average Bonchev–Trinajstić information content (AvgIpc) is 2.61. The molecular weight excluding hydrogens is 306 g/mol. The molecule has 0 unspecified atom stereocenters. The van der Waals surface area contributed by atoms with Gasteiger partial charge in [-0.15, -0.1) is 0 Å². The van der Waals surface area contributed by atoms with Gasteiger partial charge < -0.3 is 15.2 Å². The molecule has 1 aliphatic heterocycles. The molecule has 24 heavy (non-hydrogen) atoms. The van der Waals surface area contributed by atoms with Crippen molar-refractivity contribution in [1.82, 2.24) is 5.32 Å². The summed E-state index contributed by atoms with van der Waals surface area (Å²) in [6.07, 6.45) is 1.24. The topological polar surface area (TPSA) is 75.6 Å². The van der Waals surface area contributed by atoms with E-state index < -0.39 is 12.0 Å². The number of fused-ring (bicyclic) bond motifs is 1. The lowest BCUT2D eigenvalue weighted by atomic mass is 9.96. The minimum absolute atomic E-state index is 0.0855. The Kier molecular flexibility index (Phi) is 5.11. The molecule has 2 aromatic carbocycles. The first-order valence-corrected chi connectivity index (χ1v) is 8.22. The van der Waals surface area contributed by atoms with Crippen molar-refractivity contribution in [1.29, 1.82) is 0 Å². The highest BCUT2D eigenvalue weighted by Crippen LogP contribution is 2.24. The number of aliphatic carboxylic acids is 1. The molecule has 0 aliphatic carbocycles. The fourth-order valence-corrected chi connectivity index (χ4v) is 3.10. The van der Waals surface area contributed by atoms with E-state index in [4.69, 9.17) is 4.74 Å².